The van der Waals surface area contributed by atoms with Crippen LogP contribution in [0.1, 0.15) is 54.9 Å². The second kappa shape index (κ2) is 19.7. The van der Waals surface area contributed by atoms with Crippen LogP contribution in [-0.2, 0) is 22.3 Å². The van der Waals surface area contributed by atoms with Crippen molar-refractivity contribution < 1.29 is 14.2 Å². The van der Waals surface area contributed by atoms with E-state index in [2.05, 4.69) is 194 Å². The van der Waals surface area contributed by atoms with Crippen LogP contribution in [0.5, 0.6) is 5.75 Å². The monoisotopic (exact) mass is 777 g/mol. The summed E-state index contributed by atoms with van der Waals surface area (Å²) < 4.78 is 17.4. The van der Waals surface area contributed by atoms with Crippen molar-refractivity contribution >= 4 is 17.1 Å². The van der Waals surface area contributed by atoms with Crippen LogP contribution in [0.2, 0.25) is 0 Å². The maximum absolute atomic E-state index is 6.20. The Bertz CT molecular complexity index is 2170. The first-order valence-electron chi connectivity index (χ1n) is 21.2. The van der Waals surface area contributed by atoms with E-state index in [1.165, 1.54) is 44.5 Å². The zero-order valence-corrected chi connectivity index (χ0v) is 34.3. The van der Waals surface area contributed by atoms with Crippen LogP contribution in [0.3, 0.4) is 0 Å². The van der Waals surface area contributed by atoms with Crippen molar-refractivity contribution in [2.75, 3.05) is 37.9 Å². The Balaban J connectivity index is 0.934. The van der Waals surface area contributed by atoms with Gasteiger partial charge in [-0.1, -0.05) is 147 Å². The van der Waals surface area contributed by atoms with Gasteiger partial charge in [0.2, 0.25) is 0 Å². The molecule has 0 N–H and O–H groups in total. The molecule has 1 saturated heterocycles. The summed E-state index contributed by atoms with van der Waals surface area (Å²) in [5, 5.41) is 0. The molecule has 0 amide bonds. The van der Waals surface area contributed by atoms with Gasteiger partial charge in [0.15, 0.2) is 0 Å². The maximum atomic E-state index is 6.20. The molecule has 0 unspecified atom stereocenters. The van der Waals surface area contributed by atoms with Gasteiger partial charge in [0.25, 0.3) is 0 Å². The number of anilines is 3. The molecule has 59 heavy (non-hydrogen) atoms. The minimum atomic E-state index is 0.225. The second-order valence-electron chi connectivity index (χ2n) is 16.3. The van der Waals surface area contributed by atoms with Crippen LogP contribution in [0.15, 0.2) is 182 Å². The van der Waals surface area contributed by atoms with Crippen LogP contribution in [0, 0.1) is 5.41 Å². The summed E-state index contributed by atoms with van der Waals surface area (Å²) in [7, 11) is 0. The molecule has 7 aromatic carbocycles. The van der Waals surface area contributed by atoms with Crippen molar-refractivity contribution in [3.63, 3.8) is 0 Å². The lowest BCUT2D eigenvalue weighted by molar-refractivity contribution is -0.137. The Kier molecular flexibility index (Phi) is 13.3. The van der Waals surface area contributed by atoms with Gasteiger partial charge in [-0.3, -0.25) is 0 Å². The third kappa shape index (κ3) is 11.0. The number of hydrogen-bond donors (Lipinski definition) is 0. The normalized spacial score (nSPS) is 13.1. The molecule has 0 saturated carbocycles. The van der Waals surface area contributed by atoms with Crippen LogP contribution in [0.25, 0.3) is 22.3 Å². The van der Waals surface area contributed by atoms with Crippen LogP contribution in [0.4, 0.5) is 17.1 Å². The first kappa shape index (κ1) is 39.9. The molecule has 8 rings (SSSR count). The number of unbranched alkanes of at least 4 members (excludes halogenated alkanes) is 3. The van der Waals surface area contributed by atoms with Crippen LogP contribution < -0.4 is 9.64 Å². The highest BCUT2D eigenvalue weighted by molar-refractivity contribution is 5.80. The molecule has 7 aromatic rings. The molecule has 4 heteroatoms. The average molecular weight is 778 g/mol. The fraction of sp³-hybridized carbons (Fsp3) is 0.236. The number of rotatable bonds is 19. The largest absolute Gasteiger partial charge is 0.494 e. The van der Waals surface area contributed by atoms with Gasteiger partial charge in [-0.15, -0.1) is 0 Å². The van der Waals surface area contributed by atoms with Gasteiger partial charge >= 0.3 is 0 Å². The molecule has 0 radical (unpaired) electrons. The van der Waals surface area contributed by atoms with Gasteiger partial charge in [-0.25, -0.2) is 0 Å². The molecule has 1 fully saturated rings. The second-order valence-corrected chi connectivity index (χ2v) is 16.3. The molecule has 1 heterocycles. The maximum Gasteiger partial charge on any atom is 0.119 e. The molecule has 0 bridgehead atoms. The molecule has 1 aliphatic rings. The van der Waals surface area contributed by atoms with E-state index in [0.29, 0.717) is 6.61 Å². The highest BCUT2D eigenvalue weighted by atomic mass is 16.5. The summed E-state index contributed by atoms with van der Waals surface area (Å²) >= 11 is 0. The fourth-order valence-corrected chi connectivity index (χ4v) is 7.74. The topological polar surface area (TPSA) is 30.9 Å². The molecule has 298 valence electrons. The van der Waals surface area contributed by atoms with E-state index in [1.807, 2.05) is 0 Å². The minimum absolute atomic E-state index is 0.225. The number of hydrogen-bond acceptors (Lipinski definition) is 4. The summed E-state index contributed by atoms with van der Waals surface area (Å²) in [6, 6.07) is 65.6. The van der Waals surface area contributed by atoms with Gasteiger partial charge in [0.05, 0.1) is 26.4 Å². The summed E-state index contributed by atoms with van der Waals surface area (Å²) in [6.07, 6.45) is 6.28. The Hall–Kier alpha value is -5.94. The predicted molar refractivity (Wildman–Crippen MR) is 244 cm³/mol. The Morgan fingerprint density at radius 2 is 0.831 bits per heavy atom. The lowest BCUT2D eigenvalue weighted by Crippen LogP contribution is -2.43. The van der Waals surface area contributed by atoms with Gasteiger partial charge in [0.1, 0.15) is 5.75 Å². The lowest BCUT2D eigenvalue weighted by Gasteiger charge is -2.37. The Morgan fingerprint density at radius 3 is 1.25 bits per heavy atom. The molecule has 0 atom stereocenters. The SMILES string of the molecule is CC1(COCCCCCCOc2ccc(N(c3ccc(-c4ccc(Cc5ccccc5)cc4)cc3)c3ccc(-c4ccc(Cc5ccccc5)cc4)cc3)cc2)COC1. The van der Waals surface area contributed by atoms with Crippen molar-refractivity contribution in [1.29, 1.82) is 0 Å². The van der Waals surface area contributed by atoms with E-state index in [9.17, 15) is 0 Å². The van der Waals surface area contributed by atoms with E-state index in [1.54, 1.807) is 0 Å². The summed E-state index contributed by atoms with van der Waals surface area (Å²) in [4.78, 5) is 2.32. The van der Waals surface area contributed by atoms with Crippen molar-refractivity contribution in [1.82, 2.24) is 0 Å². The third-order valence-corrected chi connectivity index (χ3v) is 11.2. The fourth-order valence-electron chi connectivity index (χ4n) is 7.74. The van der Waals surface area contributed by atoms with Crippen LogP contribution >= 0.6 is 0 Å². The van der Waals surface area contributed by atoms with Gasteiger partial charge in [-0.05, 0) is 125 Å². The third-order valence-electron chi connectivity index (χ3n) is 11.2. The minimum Gasteiger partial charge on any atom is -0.494 e. The number of ether oxygens (including phenoxy) is 3. The molecular weight excluding hydrogens is 723 g/mol. The average Bonchev–Trinajstić information content (AvgIpc) is 3.27. The molecule has 0 spiro atoms. The van der Waals surface area contributed by atoms with Gasteiger partial charge in [-0.2, -0.15) is 0 Å². The zero-order valence-electron chi connectivity index (χ0n) is 34.3. The van der Waals surface area contributed by atoms with Crippen molar-refractivity contribution in [2.45, 2.75) is 45.4 Å². The Labute approximate surface area is 351 Å². The highest BCUT2D eigenvalue weighted by Crippen LogP contribution is 2.37. The van der Waals surface area contributed by atoms with Crippen molar-refractivity contribution in [3.05, 3.63) is 204 Å². The molecule has 4 nitrogen and oxygen atoms in total. The molecule has 1 aliphatic heterocycles. The molecule has 0 aliphatic carbocycles. The lowest BCUT2D eigenvalue weighted by atomic mass is 9.90. The number of benzene rings is 7. The standard InChI is InChI=1S/C55H55NO3/c1-55(41-58-42-55)40-57-36-10-2-3-11-37-59-54-34-32-53(33-35-54)56(51-28-24-49(25-29-51)47-20-16-45(17-21-47)38-43-12-6-4-7-13-43)52-30-26-50(27-31-52)48-22-18-46(19-23-48)39-44-14-8-5-9-15-44/h4-9,12-35H,2-3,10-11,36-42H2,1H3. The summed E-state index contributed by atoms with van der Waals surface area (Å²) in [6.45, 7) is 6.21. The van der Waals surface area contributed by atoms with E-state index in [-0.39, 0.29) is 5.41 Å². The number of nitrogens with zero attached hydrogens (tertiary/aromatic N) is 1. The van der Waals surface area contributed by atoms with Gasteiger partial charge in [0, 0.05) is 29.1 Å². The highest BCUT2D eigenvalue weighted by Gasteiger charge is 2.33. The van der Waals surface area contributed by atoms with E-state index >= 15 is 0 Å². The summed E-state index contributed by atoms with van der Waals surface area (Å²) in [5.41, 5.74) is 13.6. The quantitative estimate of drug-likeness (QED) is 0.0765. The predicted octanol–water partition coefficient (Wildman–Crippen LogP) is 13.7. The van der Waals surface area contributed by atoms with Crippen LogP contribution in [-0.4, -0.2) is 33.0 Å². The molecule has 0 aromatic heterocycles. The van der Waals surface area contributed by atoms with Gasteiger partial charge < -0.3 is 19.1 Å². The first-order chi connectivity index (χ1) is 29.1. The summed E-state index contributed by atoms with van der Waals surface area (Å²) in [5.74, 6) is 0.894. The van der Waals surface area contributed by atoms with E-state index < -0.39 is 0 Å². The van der Waals surface area contributed by atoms with Crippen molar-refractivity contribution in [2.24, 2.45) is 5.41 Å². The van der Waals surface area contributed by atoms with E-state index in [0.717, 1.165) is 87.8 Å². The first-order valence-corrected chi connectivity index (χ1v) is 21.2. The van der Waals surface area contributed by atoms with E-state index in [4.69, 9.17) is 14.2 Å². The smallest absolute Gasteiger partial charge is 0.119 e. The molecular formula is C55H55NO3. The zero-order chi connectivity index (χ0) is 40.1. The Morgan fingerprint density at radius 1 is 0.441 bits per heavy atom. The van der Waals surface area contributed by atoms with Crippen molar-refractivity contribution in [3.8, 4) is 28.0 Å².